The topological polar surface area (TPSA) is 61.8 Å². The highest BCUT2D eigenvalue weighted by molar-refractivity contribution is 7.92. The molecule has 0 radical (unpaired) electrons. The van der Waals surface area contributed by atoms with Gasteiger partial charge in [0.05, 0.1) is 12.0 Å². The highest BCUT2D eigenvalue weighted by Crippen LogP contribution is 2.54. The number of hydrogen-bond donors (Lipinski definition) is 0. The van der Waals surface area contributed by atoms with Crippen molar-refractivity contribution in [3.63, 3.8) is 0 Å². The van der Waals surface area contributed by atoms with Crippen molar-refractivity contribution in [2.45, 2.75) is 74.4 Å². The molecule has 0 aliphatic heterocycles. The Bertz CT molecular complexity index is 1220. The molecule has 0 bridgehead atoms. The number of fused-ring (bicyclic) bond motifs is 1. The highest BCUT2D eigenvalue weighted by Gasteiger charge is 2.58. The largest absolute Gasteiger partial charge is 0.501 e. The number of hydrogen-bond acceptors (Lipinski definition) is 5. The summed E-state index contributed by atoms with van der Waals surface area (Å²) in [4.78, 5) is -1.23. The van der Waals surface area contributed by atoms with Crippen LogP contribution >= 0.6 is 0 Å². The van der Waals surface area contributed by atoms with Crippen LogP contribution in [0.4, 0.5) is 22.0 Å². The first kappa shape index (κ1) is 28.4. The van der Waals surface area contributed by atoms with E-state index in [1.165, 1.54) is 7.11 Å². The summed E-state index contributed by atoms with van der Waals surface area (Å²) in [5.41, 5.74) is -6.02. The lowest BCUT2D eigenvalue weighted by Gasteiger charge is -2.40. The lowest BCUT2D eigenvalue weighted by atomic mass is 10.1. The van der Waals surface area contributed by atoms with E-state index < -0.39 is 57.6 Å². The van der Waals surface area contributed by atoms with Gasteiger partial charge in [-0.25, -0.2) is 17.2 Å². The number of rotatable bonds is 7. The van der Waals surface area contributed by atoms with Crippen molar-refractivity contribution in [1.82, 2.24) is 0 Å². The Morgan fingerprint density at radius 3 is 2.11 bits per heavy atom. The number of ether oxygens (including phenoxy) is 2. The second-order valence-corrected chi connectivity index (χ2v) is 16.9. The molecule has 1 aliphatic rings. The van der Waals surface area contributed by atoms with Crippen LogP contribution < -0.4 is 9.47 Å². The molecule has 0 fully saturated rings. The lowest BCUT2D eigenvalue weighted by Crippen LogP contribution is -2.44. The molecule has 2 aromatic carbocycles. The fourth-order valence-corrected chi connectivity index (χ4v) is 5.88. The molecule has 5 nitrogen and oxygen atoms in total. The van der Waals surface area contributed by atoms with Gasteiger partial charge in [0.1, 0.15) is 24.2 Å². The maximum absolute atomic E-state index is 15.4. The molecule has 0 N–H and O–H groups in total. The first-order chi connectivity index (χ1) is 16.3. The Kier molecular flexibility index (Phi) is 7.32. The van der Waals surface area contributed by atoms with Crippen molar-refractivity contribution in [2.24, 2.45) is 0 Å². The molecular weight excluding hydrogens is 523 g/mol. The summed E-state index contributed by atoms with van der Waals surface area (Å²) in [6.07, 6.45) is -3.18. The van der Waals surface area contributed by atoms with Crippen LogP contribution in [0.3, 0.4) is 0 Å². The van der Waals surface area contributed by atoms with Crippen LogP contribution in [0, 0.1) is 0 Å². The second-order valence-electron chi connectivity index (χ2n) is 10.2. The average molecular weight is 553 g/mol. The molecule has 0 saturated carbocycles. The van der Waals surface area contributed by atoms with Gasteiger partial charge in [-0.3, -0.25) is 0 Å². The fraction of sp³-hybridized carbons (Fsp3) is 0.500. The summed E-state index contributed by atoms with van der Waals surface area (Å²) >= 11 is 0. The van der Waals surface area contributed by atoms with Gasteiger partial charge in [0.2, 0.25) is 0 Å². The molecule has 0 heterocycles. The van der Waals surface area contributed by atoms with E-state index >= 15 is 8.78 Å². The molecule has 3 rings (SSSR count). The minimum atomic E-state index is -5.93. The molecule has 12 heteroatoms. The summed E-state index contributed by atoms with van der Waals surface area (Å²) in [7, 11) is -7.40. The quantitative estimate of drug-likeness (QED) is 0.279. The van der Waals surface area contributed by atoms with Crippen LogP contribution in [0.25, 0.3) is 0 Å². The SMILES string of the molecule is COc1ccc(COc2ccc(S(=O)(=O)C(F)(F)F)c3c2CC(F)(F)C3O[Si](C)(C)C(C)(C)C)cc1. The summed E-state index contributed by atoms with van der Waals surface area (Å²) in [5, 5.41) is -0.558. The second kappa shape index (κ2) is 9.28. The Labute approximate surface area is 208 Å². The zero-order valence-electron chi connectivity index (χ0n) is 20.8. The molecule has 200 valence electrons. The number of benzene rings is 2. The van der Waals surface area contributed by atoms with Crippen molar-refractivity contribution in [3.05, 3.63) is 53.1 Å². The molecule has 0 amide bonds. The van der Waals surface area contributed by atoms with Crippen LogP contribution in [0.5, 0.6) is 11.5 Å². The summed E-state index contributed by atoms with van der Waals surface area (Å²) in [6.45, 7) is 8.62. The molecule has 0 spiro atoms. The molecule has 36 heavy (non-hydrogen) atoms. The monoisotopic (exact) mass is 552 g/mol. The van der Waals surface area contributed by atoms with Gasteiger partial charge in [-0.15, -0.1) is 0 Å². The van der Waals surface area contributed by atoms with E-state index in [0.29, 0.717) is 17.4 Å². The molecular formula is C24H29F5O5SSi. The Morgan fingerprint density at radius 2 is 1.61 bits per heavy atom. The van der Waals surface area contributed by atoms with Crippen LogP contribution in [0.2, 0.25) is 18.1 Å². The zero-order valence-corrected chi connectivity index (χ0v) is 22.6. The third kappa shape index (κ3) is 5.26. The Morgan fingerprint density at radius 1 is 1.03 bits per heavy atom. The van der Waals surface area contributed by atoms with Gasteiger partial charge < -0.3 is 13.9 Å². The third-order valence-electron chi connectivity index (χ3n) is 6.70. The minimum Gasteiger partial charge on any atom is -0.497 e. The van der Waals surface area contributed by atoms with E-state index in [4.69, 9.17) is 13.9 Å². The number of alkyl halides is 5. The third-order valence-corrected chi connectivity index (χ3v) is 12.7. The molecule has 1 aliphatic carbocycles. The van der Waals surface area contributed by atoms with Crippen LogP contribution in [-0.4, -0.2) is 35.3 Å². The van der Waals surface area contributed by atoms with Crippen molar-refractivity contribution in [2.75, 3.05) is 7.11 Å². The van der Waals surface area contributed by atoms with Crippen molar-refractivity contribution in [3.8, 4) is 11.5 Å². The predicted molar refractivity (Wildman–Crippen MR) is 127 cm³/mol. The van der Waals surface area contributed by atoms with Gasteiger partial charge >= 0.3 is 5.51 Å². The predicted octanol–water partition coefficient (Wildman–Crippen LogP) is 6.82. The van der Waals surface area contributed by atoms with E-state index in [9.17, 15) is 21.6 Å². The smallest absolute Gasteiger partial charge is 0.497 e. The number of sulfone groups is 1. The number of halogens is 5. The molecule has 0 aromatic heterocycles. The fourth-order valence-electron chi connectivity index (χ4n) is 3.63. The maximum atomic E-state index is 15.4. The van der Waals surface area contributed by atoms with Crippen LogP contribution in [0.1, 0.15) is 43.6 Å². The van der Waals surface area contributed by atoms with Gasteiger partial charge in [-0.2, -0.15) is 13.2 Å². The van der Waals surface area contributed by atoms with Gasteiger partial charge in [-0.1, -0.05) is 32.9 Å². The molecule has 2 aromatic rings. The highest BCUT2D eigenvalue weighted by atomic mass is 32.2. The van der Waals surface area contributed by atoms with Crippen LogP contribution in [-0.2, 0) is 27.3 Å². The minimum absolute atomic E-state index is 0.0822. The van der Waals surface area contributed by atoms with E-state index in [-0.39, 0.29) is 17.9 Å². The summed E-state index contributed by atoms with van der Waals surface area (Å²) in [5.74, 6) is -3.18. The lowest BCUT2D eigenvalue weighted by molar-refractivity contribution is -0.0911. The Hall–Kier alpha value is -2.18. The van der Waals surface area contributed by atoms with E-state index in [1.807, 2.05) is 0 Å². The zero-order chi connectivity index (χ0) is 27.3. The van der Waals surface area contributed by atoms with Crippen LogP contribution in [0.15, 0.2) is 41.3 Å². The van der Waals surface area contributed by atoms with Gasteiger partial charge in [0.25, 0.3) is 15.8 Å². The average Bonchev–Trinajstić information content (AvgIpc) is 3.00. The standard InChI is InChI=1S/C24H29F5O5SSi/c1-22(2,3)36(5,6)34-21-20-17(13-23(21,25)26)18(11-12-19(20)35(30,31)24(27,28)29)33-14-15-7-9-16(32-4)10-8-15/h7-12,21H,13-14H2,1-6H3. The normalized spacial score (nSPS) is 18.1. The van der Waals surface area contributed by atoms with Gasteiger partial charge in [-0.05, 0) is 48.0 Å². The van der Waals surface area contributed by atoms with Gasteiger partial charge in [0.15, 0.2) is 8.32 Å². The number of methoxy groups -OCH3 is 1. The first-order valence-corrected chi connectivity index (χ1v) is 15.5. The van der Waals surface area contributed by atoms with E-state index in [1.54, 1.807) is 58.1 Å². The molecule has 1 atom stereocenters. The van der Waals surface area contributed by atoms with Gasteiger partial charge in [0, 0.05) is 17.5 Å². The Balaban J connectivity index is 2.13. The maximum Gasteiger partial charge on any atom is 0.501 e. The molecule has 1 unspecified atom stereocenters. The van der Waals surface area contributed by atoms with Crippen molar-refractivity contribution < 1.29 is 44.3 Å². The molecule has 0 saturated heterocycles. The van der Waals surface area contributed by atoms with E-state index in [2.05, 4.69) is 0 Å². The summed E-state index contributed by atoms with van der Waals surface area (Å²) < 4.78 is 113. The van der Waals surface area contributed by atoms with E-state index in [0.717, 1.165) is 6.07 Å². The first-order valence-electron chi connectivity index (χ1n) is 11.1. The van der Waals surface area contributed by atoms with Crippen molar-refractivity contribution >= 4 is 18.2 Å². The summed E-state index contributed by atoms with van der Waals surface area (Å²) in [6, 6.07) is 8.36. The van der Waals surface area contributed by atoms with Crippen molar-refractivity contribution in [1.29, 1.82) is 0 Å².